The fraction of sp³-hybridized carbons (Fsp3) is 0.267. The van der Waals surface area contributed by atoms with Gasteiger partial charge in [-0.25, -0.2) is 0 Å². The SMILES string of the molecule is Cc1ccc(CN(CCN(Cc2ccc(C)cc2)Cc2ccccn2)Cc2ccccn2)cc1. The average Bonchev–Trinajstić information content (AvgIpc) is 2.86. The highest BCUT2D eigenvalue weighted by Crippen LogP contribution is 2.13. The van der Waals surface area contributed by atoms with Gasteiger partial charge in [-0.3, -0.25) is 19.8 Å². The van der Waals surface area contributed by atoms with Gasteiger partial charge < -0.3 is 0 Å². The number of hydrogen-bond donors (Lipinski definition) is 0. The van der Waals surface area contributed by atoms with Crippen molar-refractivity contribution in [2.24, 2.45) is 0 Å². The second-order valence-corrected chi connectivity index (χ2v) is 9.03. The van der Waals surface area contributed by atoms with Gasteiger partial charge in [0.2, 0.25) is 0 Å². The molecule has 0 fully saturated rings. The van der Waals surface area contributed by atoms with E-state index < -0.39 is 0 Å². The maximum atomic E-state index is 4.58. The number of aromatic nitrogens is 2. The Morgan fingerprint density at radius 3 is 1.26 bits per heavy atom. The fourth-order valence-corrected chi connectivity index (χ4v) is 4.06. The molecule has 0 aliphatic rings. The van der Waals surface area contributed by atoms with E-state index in [1.165, 1.54) is 22.3 Å². The van der Waals surface area contributed by atoms with Crippen LogP contribution in [-0.4, -0.2) is 32.9 Å². The summed E-state index contributed by atoms with van der Waals surface area (Å²) < 4.78 is 0. The minimum Gasteiger partial charge on any atom is -0.292 e. The van der Waals surface area contributed by atoms with E-state index in [0.717, 1.165) is 50.7 Å². The molecule has 174 valence electrons. The van der Waals surface area contributed by atoms with Gasteiger partial charge in [-0.2, -0.15) is 0 Å². The van der Waals surface area contributed by atoms with Gasteiger partial charge in [0.05, 0.1) is 11.4 Å². The normalized spacial score (nSPS) is 11.3. The van der Waals surface area contributed by atoms with Crippen molar-refractivity contribution in [3.8, 4) is 0 Å². The molecule has 0 amide bonds. The zero-order chi connectivity index (χ0) is 23.6. The molecule has 0 aliphatic heterocycles. The molecular formula is C30H34N4. The minimum atomic E-state index is 0.830. The molecule has 4 aromatic rings. The first-order chi connectivity index (χ1) is 16.6. The van der Waals surface area contributed by atoms with E-state index in [0.29, 0.717) is 0 Å². The summed E-state index contributed by atoms with van der Waals surface area (Å²) in [4.78, 5) is 14.1. The Hall–Kier alpha value is -3.34. The van der Waals surface area contributed by atoms with E-state index in [9.17, 15) is 0 Å². The van der Waals surface area contributed by atoms with Gasteiger partial charge in [0.1, 0.15) is 0 Å². The predicted molar refractivity (Wildman–Crippen MR) is 139 cm³/mol. The van der Waals surface area contributed by atoms with Crippen LogP contribution < -0.4 is 0 Å². The third kappa shape index (κ3) is 7.62. The van der Waals surface area contributed by atoms with Gasteiger partial charge in [-0.1, -0.05) is 71.8 Å². The maximum absolute atomic E-state index is 4.58. The molecule has 0 atom stereocenters. The van der Waals surface area contributed by atoms with Crippen molar-refractivity contribution in [1.82, 2.24) is 19.8 Å². The molecule has 4 nitrogen and oxygen atoms in total. The summed E-state index contributed by atoms with van der Waals surface area (Å²) in [6, 6.07) is 30.0. The number of pyridine rings is 2. The second kappa shape index (κ2) is 12.2. The lowest BCUT2D eigenvalue weighted by Crippen LogP contribution is -2.34. The van der Waals surface area contributed by atoms with Crippen LogP contribution in [0.2, 0.25) is 0 Å². The molecule has 0 spiro atoms. The number of hydrogen-bond acceptors (Lipinski definition) is 4. The van der Waals surface area contributed by atoms with Gasteiger partial charge in [-0.05, 0) is 49.2 Å². The van der Waals surface area contributed by atoms with Gasteiger partial charge in [0.25, 0.3) is 0 Å². The van der Waals surface area contributed by atoms with Crippen LogP contribution >= 0.6 is 0 Å². The first kappa shape index (κ1) is 23.8. The molecule has 2 aromatic heterocycles. The maximum Gasteiger partial charge on any atom is 0.0544 e. The Labute approximate surface area is 203 Å². The van der Waals surface area contributed by atoms with Gasteiger partial charge in [0.15, 0.2) is 0 Å². The smallest absolute Gasteiger partial charge is 0.0544 e. The molecule has 2 aromatic carbocycles. The Morgan fingerprint density at radius 2 is 0.912 bits per heavy atom. The Kier molecular flexibility index (Phi) is 8.55. The van der Waals surface area contributed by atoms with Crippen molar-refractivity contribution in [1.29, 1.82) is 0 Å². The van der Waals surface area contributed by atoms with Crippen molar-refractivity contribution >= 4 is 0 Å². The molecule has 2 heterocycles. The van der Waals surface area contributed by atoms with Crippen molar-refractivity contribution in [3.05, 3.63) is 131 Å². The van der Waals surface area contributed by atoms with Crippen LogP contribution in [0, 0.1) is 13.8 Å². The average molecular weight is 451 g/mol. The summed E-state index contributed by atoms with van der Waals surface area (Å²) in [5.41, 5.74) is 7.45. The summed E-state index contributed by atoms with van der Waals surface area (Å²) in [7, 11) is 0. The number of rotatable bonds is 11. The number of nitrogens with zero attached hydrogens (tertiary/aromatic N) is 4. The molecule has 0 aliphatic carbocycles. The zero-order valence-corrected chi connectivity index (χ0v) is 20.3. The molecule has 34 heavy (non-hydrogen) atoms. The Bertz CT molecular complexity index is 1020. The summed E-state index contributed by atoms with van der Waals surface area (Å²) in [5.74, 6) is 0. The van der Waals surface area contributed by atoms with E-state index >= 15 is 0 Å². The second-order valence-electron chi connectivity index (χ2n) is 9.03. The molecule has 0 unspecified atom stereocenters. The molecule has 0 bridgehead atoms. The molecule has 0 saturated carbocycles. The van der Waals surface area contributed by atoms with E-state index in [2.05, 4.69) is 106 Å². The largest absolute Gasteiger partial charge is 0.292 e. The van der Waals surface area contributed by atoms with E-state index in [4.69, 9.17) is 0 Å². The van der Waals surface area contributed by atoms with Crippen LogP contribution in [0.15, 0.2) is 97.3 Å². The van der Waals surface area contributed by atoms with E-state index in [-0.39, 0.29) is 0 Å². The van der Waals surface area contributed by atoms with Gasteiger partial charge >= 0.3 is 0 Å². The lowest BCUT2D eigenvalue weighted by Gasteiger charge is -2.28. The highest BCUT2D eigenvalue weighted by molar-refractivity contribution is 5.22. The van der Waals surface area contributed by atoms with Crippen LogP contribution in [0.5, 0.6) is 0 Å². The van der Waals surface area contributed by atoms with Crippen molar-refractivity contribution in [2.45, 2.75) is 40.0 Å². The van der Waals surface area contributed by atoms with Gasteiger partial charge in [0, 0.05) is 51.7 Å². The summed E-state index contributed by atoms with van der Waals surface area (Å²) in [6.45, 7) is 9.63. The van der Waals surface area contributed by atoms with Crippen LogP contribution in [0.3, 0.4) is 0 Å². The highest BCUT2D eigenvalue weighted by atomic mass is 15.2. The third-order valence-electron chi connectivity index (χ3n) is 6.01. The van der Waals surface area contributed by atoms with Crippen molar-refractivity contribution in [2.75, 3.05) is 13.1 Å². The van der Waals surface area contributed by atoms with Crippen molar-refractivity contribution < 1.29 is 0 Å². The monoisotopic (exact) mass is 450 g/mol. The molecule has 4 rings (SSSR count). The van der Waals surface area contributed by atoms with Crippen LogP contribution in [-0.2, 0) is 26.2 Å². The first-order valence-electron chi connectivity index (χ1n) is 12.0. The van der Waals surface area contributed by atoms with Crippen LogP contribution in [0.4, 0.5) is 0 Å². The molecule has 0 saturated heterocycles. The number of aryl methyl sites for hydroxylation is 2. The van der Waals surface area contributed by atoms with Crippen LogP contribution in [0.25, 0.3) is 0 Å². The molecular weight excluding hydrogens is 416 g/mol. The standard InChI is InChI=1S/C30H34N4/c1-25-9-13-27(14-10-25)21-33(23-29-7-3-5-17-31-29)19-20-34(24-30-8-4-6-18-32-30)22-28-15-11-26(2)12-16-28/h3-18H,19-24H2,1-2H3. The number of benzene rings is 2. The summed E-state index contributed by atoms with van der Waals surface area (Å²) in [5, 5.41) is 0. The molecule has 0 N–H and O–H groups in total. The Balaban J connectivity index is 1.48. The van der Waals surface area contributed by atoms with Crippen molar-refractivity contribution in [3.63, 3.8) is 0 Å². The lowest BCUT2D eigenvalue weighted by molar-refractivity contribution is 0.180. The highest BCUT2D eigenvalue weighted by Gasteiger charge is 2.13. The van der Waals surface area contributed by atoms with Gasteiger partial charge in [-0.15, -0.1) is 0 Å². The van der Waals surface area contributed by atoms with E-state index in [1.54, 1.807) is 0 Å². The quantitative estimate of drug-likeness (QED) is 0.289. The predicted octanol–water partition coefficient (Wildman–Crippen LogP) is 5.80. The lowest BCUT2D eigenvalue weighted by atomic mass is 10.1. The molecule has 4 heteroatoms. The summed E-state index contributed by atoms with van der Waals surface area (Å²) in [6.07, 6.45) is 3.76. The fourth-order valence-electron chi connectivity index (χ4n) is 4.06. The third-order valence-corrected chi connectivity index (χ3v) is 6.01. The minimum absolute atomic E-state index is 0.830. The van der Waals surface area contributed by atoms with Crippen LogP contribution in [0.1, 0.15) is 33.6 Å². The first-order valence-corrected chi connectivity index (χ1v) is 12.0. The topological polar surface area (TPSA) is 32.3 Å². The zero-order valence-electron chi connectivity index (χ0n) is 20.3. The summed E-state index contributed by atoms with van der Waals surface area (Å²) >= 11 is 0. The molecule has 0 radical (unpaired) electrons. The Morgan fingerprint density at radius 1 is 0.500 bits per heavy atom. The van der Waals surface area contributed by atoms with E-state index in [1.807, 2.05) is 24.5 Å².